The molecule has 2 rings (SSSR count). The third-order valence-electron chi connectivity index (χ3n) is 3.70. The fraction of sp³-hybridized carbons (Fsp3) is 0.263. The molecule has 29 heavy (non-hydrogen) atoms. The van der Waals surface area contributed by atoms with Gasteiger partial charge in [-0.15, -0.1) is 0 Å². The smallest absolute Gasteiger partial charge is 0.379 e. The molecule has 10 heteroatoms. The number of rotatable bonds is 7. The summed E-state index contributed by atoms with van der Waals surface area (Å²) in [4.78, 5) is 2.17. The zero-order valence-corrected chi connectivity index (χ0v) is 18.3. The molecule has 0 aliphatic heterocycles. The molecule has 0 bridgehead atoms. The largest absolute Gasteiger partial charge is 0.397 e. The first-order valence-corrected chi connectivity index (χ1v) is 10.9. The lowest BCUT2D eigenvalue weighted by molar-refractivity contribution is -0.671. The number of hydrogen-bond donors (Lipinski definition) is 3. The lowest BCUT2D eigenvalue weighted by atomic mass is 10.1. The van der Waals surface area contributed by atoms with Crippen LogP contribution in [0.2, 0.25) is 0 Å². The standard InChI is InChI=1S/C18H23N4S.CH4O4S/c1-21-11-9-16(10-12-21)4-3-15-5-7-17(8-6-15)22(2)13-14-23-18(19)20;1-5-6(2,3)4/h3-12H,13-14H2,1-2H3,(H3,19,20);1H3,(H,2,3,4)/q+1;. The Hall–Kier alpha value is -2.40. The highest BCUT2D eigenvalue weighted by atomic mass is 32.3. The van der Waals surface area contributed by atoms with Gasteiger partial charge in [-0.05, 0) is 23.3 Å². The summed E-state index contributed by atoms with van der Waals surface area (Å²) in [7, 11) is 0.771. The highest BCUT2D eigenvalue weighted by Gasteiger charge is 2.01. The maximum atomic E-state index is 9.33. The first-order chi connectivity index (χ1) is 13.6. The molecule has 0 radical (unpaired) electrons. The number of nitrogens with zero attached hydrogens (tertiary/aromatic N) is 2. The number of anilines is 1. The maximum absolute atomic E-state index is 9.33. The molecule has 1 aromatic carbocycles. The van der Waals surface area contributed by atoms with Crippen LogP contribution >= 0.6 is 11.8 Å². The van der Waals surface area contributed by atoms with E-state index in [9.17, 15) is 8.42 Å². The third kappa shape index (κ3) is 11.3. The van der Waals surface area contributed by atoms with Gasteiger partial charge < -0.3 is 10.6 Å². The number of pyridine rings is 1. The Morgan fingerprint density at radius 1 is 1.21 bits per heavy atom. The van der Waals surface area contributed by atoms with Crippen LogP contribution in [0.15, 0.2) is 48.8 Å². The van der Waals surface area contributed by atoms with Crippen LogP contribution < -0.4 is 15.2 Å². The van der Waals surface area contributed by atoms with Crippen molar-refractivity contribution in [3.63, 3.8) is 0 Å². The number of amidine groups is 1. The van der Waals surface area contributed by atoms with Crippen molar-refractivity contribution in [2.45, 2.75) is 0 Å². The molecule has 158 valence electrons. The summed E-state index contributed by atoms with van der Waals surface area (Å²) in [6.45, 7) is 0.862. The normalized spacial score (nSPS) is 11.0. The minimum Gasteiger partial charge on any atom is -0.379 e. The fourth-order valence-corrected chi connectivity index (χ4v) is 2.66. The summed E-state index contributed by atoms with van der Waals surface area (Å²) in [5, 5.41) is 7.39. The molecular weight excluding hydrogens is 412 g/mol. The molecule has 4 N–H and O–H groups in total. The molecule has 0 fully saturated rings. The molecule has 0 saturated heterocycles. The second kappa shape index (κ2) is 12.2. The Kier molecular flexibility index (Phi) is 10.4. The predicted molar refractivity (Wildman–Crippen MR) is 119 cm³/mol. The van der Waals surface area contributed by atoms with E-state index in [4.69, 9.17) is 15.7 Å². The number of nitrogens with two attached hydrogens (primary N) is 1. The monoisotopic (exact) mass is 439 g/mol. The predicted octanol–water partition coefficient (Wildman–Crippen LogP) is 2.18. The zero-order chi connectivity index (χ0) is 21.9. The number of aryl methyl sites for hydroxylation is 1. The van der Waals surface area contributed by atoms with Crippen molar-refractivity contribution >= 4 is 45.2 Å². The average molecular weight is 440 g/mol. The van der Waals surface area contributed by atoms with Crippen LogP contribution in [-0.2, 0) is 21.6 Å². The van der Waals surface area contributed by atoms with E-state index in [-0.39, 0.29) is 5.17 Å². The summed E-state index contributed by atoms with van der Waals surface area (Å²) in [5.74, 6) is 0.818. The topological polar surface area (TPSA) is 121 Å². The summed E-state index contributed by atoms with van der Waals surface area (Å²) < 4.78 is 31.7. The van der Waals surface area contributed by atoms with Crippen molar-refractivity contribution in [1.29, 1.82) is 5.41 Å². The van der Waals surface area contributed by atoms with Crippen molar-refractivity contribution in [2.24, 2.45) is 12.8 Å². The first kappa shape index (κ1) is 24.6. The van der Waals surface area contributed by atoms with Gasteiger partial charge in [0.05, 0.1) is 7.11 Å². The maximum Gasteiger partial charge on any atom is 0.397 e. The molecule has 0 unspecified atom stereocenters. The summed E-state index contributed by atoms with van der Waals surface area (Å²) >= 11 is 1.37. The van der Waals surface area contributed by atoms with E-state index in [1.54, 1.807) is 0 Å². The number of aromatic nitrogens is 1. The summed E-state index contributed by atoms with van der Waals surface area (Å²) in [6.07, 6.45) is 8.31. The Morgan fingerprint density at radius 2 is 1.69 bits per heavy atom. The van der Waals surface area contributed by atoms with Gasteiger partial charge >= 0.3 is 10.4 Å². The fourth-order valence-electron chi connectivity index (χ4n) is 2.08. The van der Waals surface area contributed by atoms with Gasteiger partial charge in [0.15, 0.2) is 17.6 Å². The van der Waals surface area contributed by atoms with Crippen LogP contribution in [0.25, 0.3) is 12.2 Å². The minimum atomic E-state index is -4.16. The van der Waals surface area contributed by atoms with Crippen molar-refractivity contribution in [3.8, 4) is 0 Å². The Morgan fingerprint density at radius 3 is 2.14 bits per heavy atom. The summed E-state index contributed by atoms with van der Waals surface area (Å²) in [5.41, 5.74) is 8.87. The molecule has 0 atom stereocenters. The quantitative estimate of drug-likeness (QED) is 0.262. The van der Waals surface area contributed by atoms with Crippen molar-refractivity contribution < 1.29 is 21.7 Å². The van der Waals surface area contributed by atoms with E-state index in [2.05, 4.69) is 64.7 Å². The van der Waals surface area contributed by atoms with E-state index < -0.39 is 10.4 Å². The average Bonchev–Trinajstić information content (AvgIpc) is 2.67. The molecule has 0 saturated carbocycles. The van der Waals surface area contributed by atoms with Gasteiger partial charge in [0.25, 0.3) is 0 Å². The molecule has 0 amide bonds. The van der Waals surface area contributed by atoms with Gasteiger partial charge in [-0.3, -0.25) is 14.1 Å². The lowest BCUT2D eigenvalue weighted by Gasteiger charge is -2.18. The molecule has 1 aromatic heterocycles. The van der Waals surface area contributed by atoms with E-state index in [0.717, 1.165) is 25.1 Å². The Balaban J connectivity index is 0.000000612. The molecule has 2 aromatic rings. The lowest BCUT2D eigenvalue weighted by Crippen LogP contribution is -2.25. The van der Waals surface area contributed by atoms with Gasteiger partial charge in [0.2, 0.25) is 0 Å². The summed E-state index contributed by atoms with van der Waals surface area (Å²) in [6, 6.07) is 12.6. The molecule has 0 spiro atoms. The van der Waals surface area contributed by atoms with Gasteiger partial charge in [-0.1, -0.05) is 36.0 Å². The van der Waals surface area contributed by atoms with Gasteiger partial charge in [0, 0.05) is 37.2 Å². The molecule has 0 aliphatic carbocycles. The van der Waals surface area contributed by atoms with Crippen LogP contribution in [-0.4, -0.2) is 44.6 Å². The highest BCUT2D eigenvalue weighted by molar-refractivity contribution is 8.13. The van der Waals surface area contributed by atoms with Crippen LogP contribution in [0, 0.1) is 5.41 Å². The number of hydrogen-bond acceptors (Lipinski definition) is 6. The van der Waals surface area contributed by atoms with Crippen molar-refractivity contribution in [1.82, 2.24) is 0 Å². The van der Waals surface area contributed by atoms with Crippen molar-refractivity contribution in [3.05, 3.63) is 59.9 Å². The van der Waals surface area contributed by atoms with Crippen LogP contribution in [0.1, 0.15) is 11.1 Å². The Labute approximate surface area is 176 Å². The number of thioether (sulfide) groups is 1. The van der Waals surface area contributed by atoms with E-state index in [1.165, 1.54) is 22.9 Å². The number of nitrogens with one attached hydrogen (secondary N) is 1. The second-order valence-corrected chi connectivity index (χ2v) is 8.28. The molecular formula is C19H27N4O4S2+. The first-order valence-electron chi connectivity index (χ1n) is 8.55. The van der Waals surface area contributed by atoms with Gasteiger partial charge in [0.1, 0.15) is 7.05 Å². The van der Waals surface area contributed by atoms with Crippen molar-refractivity contribution in [2.75, 3.05) is 31.4 Å². The van der Waals surface area contributed by atoms with Crippen LogP contribution in [0.3, 0.4) is 0 Å². The Bertz CT molecular complexity index is 899. The van der Waals surface area contributed by atoms with E-state index in [0.29, 0.717) is 0 Å². The second-order valence-electron chi connectivity index (χ2n) is 5.95. The SMILES string of the molecule is CN(CCSC(=N)N)c1ccc(/C=C/c2cc[n+](C)cc2)cc1.COS(=O)(=O)O. The van der Waals surface area contributed by atoms with Crippen LogP contribution in [0.5, 0.6) is 0 Å². The molecule has 1 heterocycles. The molecule has 0 aliphatic rings. The van der Waals surface area contributed by atoms with Crippen LogP contribution in [0.4, 0.5) is 5.69 Å². The van der Waals surface area contributed by atoms with Gasteiger partial charge in [-0.25, -0.2) is 4.57 Å². The van der Waals surface area contributed by atoms with E-state index >= 15 is 0 Å². The minimum absolute atomic E-state index is 0.174. The third-order valence-corrected chi connectivity index (χ3v) is 4.82. The highest BCUT2D eigenvalue weighted by Crippen LogP contribution is 2.16. The van der Waals surface area contributed by atoms with Gasteiger partial charge in [-0.2, -0.15) is 8.42 Å². The molecule has 8 nitrogen and oxygen atoms in total. The zero-order valence-electron chi connectivity index (χ0n) is 16.6. The van der Waals surface area contributed by atoms with E-state index in [1.807, 2.05) is 24.0 Å². The number of benzene rings is 1.